The minimum Gasteiger partial charge on any atom is -0.429 e. The summed E-state index contributed by atoms with van der Waals surface area (Å²) in [5.74, 6) is -15.3. The summed E-state index contributed by atoms with van der Waals surface area (Å²) in [5.41, 5.74) is -4.86. The molecule has 1 nitrogen and oxygen atoms in total. The highest BCUT2D eigenvalue weighted by molar-refractivity contribution is 6.33. The summed E-state index contributed by atoms with van der Waals surface area (Å²) in [6.07, 6.45) is -2.62. The Hall–Kier alpha value is -4.58. The molecule has 5 aromatic rings. The molecule has 0 atom stereocenters. The van der Waals surface area contributed by atoms with Crippen LogP contribution in [0.2, 0.25) is 5.02 Å². The van der Waals surface area contributed by atoms with Gasteiger partial charge in [-0.3, -0.25) is 0 Å². The van der Waals surface area contributed by atoms with Crippen LogP contribution in [0.3, 0.4) is 0 Å². The first-order valence-electron chi connectivity index (χ1n) is 14.1. The van der Waals surface area contributed by atoms with Gasteiger partial charge in [-0.15, -0.1) is 0 Å². The summed E-state index contributed by atoms with van der Waals surface area (Å²) in [6.45, 7) is 1.95. The maximum atomic E-state index is 15.2. The molecule has 0 spiro atoms. The Morgan fingerprint density at radius 2 is 1.10 bits per heavy atom. The van der Waals surface area contributed by atoms with E-state index in [9.17, 15) is 22.0 Å². The maximum Gasteiger partial charge on any atom is 0.432 e. The first-order chi connectivity index (χ1) is 22.6. The van der Waals surface area contributed by atoms with Crippen LogP contribution >= 0.6 is 11.6 Å². The molecule has 0 aliphatic rings. The lowest BCUT2D eigenvalue weighted by Gasteiger charge is -2.21. The molecular weight excluding hydrogens is 681 g/mol. The molecule has 48 heavy (non-hydrogen) atoms. The third kappa shape index (κ3) is 6.85. The third-order valence-electron chi connectivity index (χ3n) is 7.36. The Morgan fingerprint density at radius 1 is 0.583 bits per heavy atom. The van der Waals surface area contributed by atoms with Crippen molar-refractivity contribution >= 4 is 11.6 Å². The molecule has 5 aromatic carbocycles. The normalized spacial score (nSPS) is 11.7. The van der Waals surface area contributed by atoms with Crippen LogP contribution in [0.25, 0.3) is 33.4 Å². The molecule has 0 saturated heterocycles. The van der Waals surface area contributed by atoms with Gasteiger partial charge in [-0.1, -0.05) is 37.1 Å². The number of hydrogen-bond acceptors (Lipinski definition) is 1. The van der Waals surface area contributed by atoms with Gasteiger partial charge in [0.1, 0.15) is 46.2 Å². The zero-order valence-corrected chi connectivity index (χ0v) is 25.2. The summed E-state index contributed by atoms with van der Waals surface area (Å²) >= 11 is 5.91. The average molecular weight is 701 g/mol. The highest BCUT2D eigenvalue weighted by Gasteiger charge is 2.42. The first kappa shape index (κ1) is 34.7. The molecular formula is C35H20ClF11O. The predicted molar refractivity (Wildman–Crippen MR) is 157 cm³/mol. The zero-order valence-electron chi connectivity index (χ0n) is 24.4. The van der Waals surface area contributed by atoms with Gasteiger partial charge >= 0.3 is 6.11 Å². The van der Waals surface area contributed by atoms with Crippen molar-refractivity contribution in [3.05, 3.63) is 135 Å². The predicted octanol–water partition coefficient (Wildman–Crippen LogP) is 12.1. The zero-order chi connectivity index (χ0) is 35.1. The van der Waals surface area contributed by atoms with Crippen molar-refractivity contribution in [3.8, 4) is 39.1 Å². The SMILES string of the molecule is CCCCc1ccc(-c2cc(F)c(-c3cc(F)c(C(F)(F)Oc4cc(F)c(-c5cc(F)c(F)c(F)c5)c(Cl)c4)c(F)c3)c(F)c2)c(F)c1. The van der Waals surface area contributed by atoms with Crippen LogP contribution in [-0.4, -0.2) is 0 Å². The third-order valence-corrected chi connectivity index (χ3v) is 7.66. The second kappa shape index (κ2) is 13.5. The smallest absolute Gasteiger partial charge is 0.429 e. The lowest BCUT2D eigenvalue weighted by Crippen LogP contribution is -2.25. The highest BCUT2D eigenvalue weighted by Crippen LogP contribution is 2.41. The van der Waals surface area contributed by atoms with Crippen molar-refractivity contribution in [2.75, 3.05) is 0 Å². The Kier molecular flexibility index (Phi) is 9.77. The van der Waals surface area contributed by atoms with Gasteiger partial charge in [0.15, 0.2) is 17.5 Å². The molecule has 0 radical (unpaired) electrons. The van der Waals surface area contributed by atoms with Gasteiger partial charge in [0, 0.05) is 17.2 Å². The van der Waals surface area contributed by atoms with Crippen molar-refractivity contribution in [1.82, 2.24) is 0 Å². The molecule has 250 valence electrons. The second-order valence-electron chi connectivity index (χ2n) is 10.7. The van der Waals surface area contributed by atoms with Gasteiger partial charge in [0.05, 0.1) is 10.6 Å². The second-order valence-corrected chi connectivity index (χ2v) is 11.1. The van der Waals surface area contributed by atoms with Gasteiger partial charge in [0.2, 0.25) is 0 Å². The minimum absolute atomic E-state index is 0.148. The highest BCUT2D eigenvalue weighted by atomic mass is 35.5. The summed E-state index contributed by atoms with van der Waals surface area (Å²) in [5, 5.41) is -0.746. The number of rotatable bonds is 9. The fourth-order valence-electron chi connectivity index (χ4n) is 5.11. The number of hydrogen-bond donors (Lipinski definition) is 0. The number of alkyl halides is 2. The van der Waals surface area contributed by atoms with Gasteiger partial charge < -0.3 is 4.74 Å². The lowest BCUT2D eigenvalue weighted by molar-refractivity contribution is -0.189. The van der Waals surface area contributed by atoms with Crippen molar-refractivity contribution < 1.29 is 53.0 Å². The standard InChI is InChI=1S/C35H20ClF11O/c1-2-3-4-16-5-6-21(23(37)7-16)17-8-24(38)32(25(39)9-17)19-10-27(41)33(28(42)11-19)35(46,47)48-20-14-22(36)31(26(40)15-20)18-12-29(43)34(45)30(44)13-18/h5-15H,2-4H2,1H3. The van der Waals surface area contributed by atoms with E-state index in [1.165, 1.54) is 12.1 Å². The summed E-state index contributed by atoms with van der Waals surface area (Å²) < 4.78 is 165. The molecule has 0 aromatic heterocycles. The Labute approximate surface area is 271 Å². The van der Waals surface area contributed by atoms with E-state index >= 15 is 26.3 Å². The van der Waals surface area contributed by atoms with Gasteiger partial charge in [-0.05, 0) is 83.6 Å². The summed E-state index contributed by atoms with van der Waals surface area (Å²) in [6, 6.07) is 7.64. The fourth-order valence-corrected chi connectivity index (χ4v) is 5.42. The Morgan fingerprint density at radius 3 is 1.65 bits per heavy atom. The van der Waals surface area contributed by atoms with Crippen molar-refractivity contribution in [1.29, 1.82) is 0 Å². The fraction of sp³-hybridized carbons (Fsp3) is 0.143. The van der Waals surface area contributed by atoms with Crippen LogP contribution in [0.15, 0.2) is 66.7 Å². The lowest BCUT2D eigenvalue weighted by atomic mass is 9.96. The first-order valence-corrected chi connectivity index (χ1v) is 14.5. The van der Waals surface area contributed by atoms with Crippen LogP contribution in [0.5, 0.6) is 5.75 Å². The monoisotopic (exact) mass is 700 g/mol. The molecule has 0 aliphatic heterocycles. The van der Waals surface area contributed by atoms with E-state index in [4.69, 9.17) is 11.6 Å². The van der Waals surface area contributed by atoms with Crippen LogP contribution in [0.4, 0.5) is 48.3 Å². The Bertz CT molecular complexity index is 1950. The molecule has 13 heteroatoms. The van der Waals surface area contributed by atoms with Crippen LogP contribution in [-0.2, 0) is 12.5 Å². The molecule has 0 saturated carbocycles. The number of halogens is 12. The van der Waals surface area contributed by atoms with E-state index in [1.54, 1.807) is 6.07 Å². The van der Waals surface area contributed by atoms with Crippen molar-refractivity contribution in [2.45, 2.75) is 32.3 Å². The van der Waals surface area contributed by atoms with Crippen molar-refractivity contribution in [2.24, 2.45) is 0 Å². The minimum atomic E-state index is -4.88. The van der Waals surface area contributed by atoms with Crippen LogP contribution in [0.1, 0.15) is 30.9 Å². The van der Waals surface area contributed by atoms with Crippen molar-refractivity contribution in [3.63, 3.8) is 0 Å². The average Bonchev–Trinajstić information content (AvgIpc) is 2.97. The topological polar surface area (TPSA) is 9.23 Å². The summed E-state index contributed by atoms with van der Waals surface area (Å²) in [4.78, 5) is 0. The molecule has 0 unspecified atom stereocenters. The van der Waals surface area contributed by atoms with Gasteiger partial charge in [-0.25, -0.2) is 39.5 Å². The number of unbranched alkanes of at least 4 members (excludes halogenated alkanes) is 1. The molecule has 0 N–H and O–H groups in total. The number of benzene rings is 5. The molecule has 0 aliphatic carbocycles. The summed E-state index contributed by atoms with van der Waals surface area (Å²) in [7, 11) is 0. The van der Waals surface area contributed by atoms with Crippen LogP contribution < -0.4 is 4.74 Å². The molecule has 0 amide bonds. The molecule has 0 fully saturated rings. The van der Waals surface area contributed by atoms with Gasteiger partial charge in [0.25, 0.3) is 0 Å². The molecule has 0 bridgehead atoms. The van der Waals surface area contributed by atoms with E-state index in [2.05, 4.69) is 4.74 Å². The molecule has 0 heterocycles. The Balaban J connectivity index is 1.45. The van der Waals surface area contributed by atoms with Gasteiger partial charge in [-0.2, -0.15) is 8.78 Å². The maximum absolute atomic E-state index is 15.2. The number of ether oxygens (including phenoxy) is 1. The molecule has 5 rings (SSSR count). The van der Waals surface area contributed by atoms with E-state index in [0.717, 1.165) is 25.0 Å². The quantitative estimate of drug-likeness (QED) is 0.110. The number of aryl methyl sites for hydroxylation is 1. The van der Waals surface area contributed by atoms with E-state index in [-0.39, 0.29) is 29.3 Å². The van der Waals surface area contributed by atoms with E-state index < -0.39 is 97.1 Å². The van der Waals surface area contributed by atoms with E-state index in [1.807, 2.05) is 6.92 Å². The largest absolute Gasteiger partial charge is 0.432 e. The van der Waals surface area contributed by atoms with E-state index in [0.29, 0.717) is 30.2 Å². The van der Waals surface area contributed by atoms with Crippen LogP contribution in [0, 0.1) is 52.4 Å².